The van der Waals surface area contributed by atoms with E-state index in [4.69, 9.17) is 9.47 Å². The number of benzene rings is 2. The molecule has 3 aromatic rings. The van der Waals surface area contributed by atoms with Crippen LogP contribution in [0.3, 0.4) is 0 Å². The molecule has 2 aromatic carbocycles. The zero-order valence-electron chi connectivity index (χ0n) is 14.5. The molecule has 0 saturated carbocycles. The first kappa shape index (κ1) is 16.9. The second-order valence-electron chi connectivity index (χ2n) is 5.83. The van der Waals surface area contributed by atoms with Gasteiger partial charge in [0.1, 0.15) is 0 Å². The summed E-state index contributed by atoms with van der Waals surface area (Å²) in [4.78, 5) is 15.4. The van der Waals surface area contributed by atoms with Gasteiger partial charge >= 0.3 is 0 Å². The topological polar surface area (TPSA) is 63.3 Å². The second kappa shape index (κ2) is 7.75. The summed E-state index contributed by atoms with van der Waals surface area (Å²) in [5, 5.41) is 4.07. The van der Waals surface area contributed by atoms with Crippen LogP contribution in [0.4, 0.5) is 0 Å². The highest BCUT2D eigenvalue weighted by molar-refractivity contribution is 5.88. The Bertz CT molecular complexity index is 870. The number of ether oxygens (including phenoxy) is 2. The van der Waals surface area contributed by atoms with Gasteiger partial charge in [0.05, 0.1) is 20.6 Å². The highest BCUT2D eigenvalue weighted by Gasteiger charge is 2.09. The predicted molar refractivity (Wildman–Crippen MR) is 98.3 cm³/mol. The summed E-state index contributed by atoms with van der Waals surface area (Å²) < 4.78 is 10.5. The standard InChI is InChI=1S/C20H22N2O3/c1-24-18-8-7-14(11-19(18)25-2)9-10-21-20(23)12-15-13-22-17-6-4-3-5-16(15)17/h3-8,11,13,22H,9-10,12H2,1-2H3,(H,21,23). The van der Waals surface area contributed by atoms with Crippen LogP contribution in [0.2, 0.25) is 0 Å². The number of carbonyl (C=O) groups excluding carboxylic acids is 1. The average molecular weight is 338 g/mol. The molecule has 0 unspecified atom stereocenters. The van der Waals surface area contributed by atoms with E-state index in [1.165, 1.54) is 0 Å². The van der Waals surface area contributed by atoms with E-state index in [2.05, 4.69) is 10.3 Å². The average Bonchev–Trinajstić information content (AvgIpc) is 3.04. The maximum absolute atomic E-state index is 12.2. The summed E-state index contributed by atoms with van der Waals surface area (Å²) in [5.74, 6) is 1.42. The summed E-state index contributed by atoms with van der Waals surface area (Å²) in [5.41, 5.74) is 3.15. The van der Waals surface area contributed by atoms with E-state index in [1.807, 2.05) is 48.7 Å². The zero-order valence-corrected chi connectivity index (χ0v) is 14.5. The van der Waals surface area contributed by atoms with Crippen LogP contribution >= 0.6 is 0 Å². The van der Waals surface area contributed by atoms with Crippen molar-refractivity contribution < 1.29 is 14.3 Å². The minimum Gasteiger partial charge on any atom is -0.493 e. The maximum atomic E-state index is 12.2. The SMILES string of the molecule is COc1ccc(CCNC(=O)Cc2c[nH]c3ccccc23)cc1OC. The van der Waals surface area contributed by atoms with Crippen LogP contribution in [0.1, 0.15) is 11.1 Å². The van der Waals surface area contributed by atoms with Crippen LogP contribution in [-0.2, 0) is 17.6 Å². The smallest absolute Gasteiger partial charge is 0.224 e. The number of amides is 1. The molecule has 1 aromatic heterocycles. The highest BCUT2D eigenvalue weighted by Crippen LogP contribution is 2.27. The fourth-order valence-electron chi connectivity index (χ4n) is 2.90. The van der Waals surface area contributed by atoms with Crippen molar-refractivity contribution in [1.29, 1.82) is 0 Å². The number of nitrogens with one attached hydrogen (secondary N) is 2. The van der Waals surface area contributed by atoms with Crippen LogP contribution in [0, 0.1) is 0 Å². The van der Waals surface area contributed by atoms with Gasteiger partial charge in [-0.05, 0) is 35.7 Å². The van der Waals surface area contributed by atoms with Crippen LogP contribution in [0.5, 0.6) is 11.5 Å². The van der Waals surface area contributed by atoms with Crippen molar-refractivity contribution in [2.75, 3.05) is 20.8 Å². The third-order valence-electron chi connectivity index (χ3n) is 4.21. The summed E-state index contributed by atoms with van der Waals surface area (Å²) in [6.07, 6.45) is 3.01. The summed E-state index contributed by atoms with van der Waals surface area (Å²) >= 11 is 0. The van der Waals surface area contributed by atoms with Crippen LogP contribution in [0.25, 0.3) is 10.9 Å². The quantitative estimate of drug-likeness (QED) is 0.696. The molecular formula is C20H22N2O3. The maximum Gasteiger partial charge on any atom is 0.224 e. The minimum absolute atomic E-state index is 0.0187. The van der Waals surface area contributed by atoms with E-state index >= 15 is 0 Å². The van der Waals surface area contributed by atoms with E-state index in [1.54, 1.807) is 14.2 Å². The molecule has 1 heterocycles. The number of hydrogen-bond acceptors (Lipinski definition) is 3. The van der Waals surface area contributed by atoms with E-state index < -0.39 is 0 Å². The first-order chi connectivity index (χ1) is 12.2. The van der Waals surface area contributed by atoms with Crippen molar-refractivity contribution in [2.45, 2.75) is 12.8 Å². The fraction of sp³-hybridized carbons (Fsp3) is 0.250. The van der Waals surface area contributed by atoms with Crippen LogP contribution in [-0.4, -0.2) is 31.7 Å². The molecule has 0 aliphatic rings. The normalized spacial score (nSPS) is 10.6. The lowest BCUT2D eigenvalue weighted by molar-refractivity contribution is -0.120. The third-order valence-corrected chi connectivity index (χ3v) is 4.21. The Morgan fingerprint density at radius 1 is 1.08 bits per heavy atom. The number of rotatable bonds is 7. The molecule has 3 rings (SSSR count). The number of carbonyl (C=O) groups is 1. The van der Waals surface area contributed by atoms with Gasteiger partial charge in [0, 0.05) is 23.6 Å². The molecule has 0 spiro atoms. The van der Waals surface area contributed by atoms with Crippen molar-refractivity contribution in [2.24, 2.45) is 0 Å². The molecule has 5 heteroatoms. The first-order valence-electron chi connectivity index (χ1n) is 8.24. The van der Waals surface area contributed by atoms with Crippen molar-refractivity contribution in [1.82, 2.24) is 10.3 Å². The molecule has 0 radical (unpaired) electrons. The first-order valence-corrected chi connectivity index (χ1v) is 8.24. The molecule has 0 atom stereocenters. The van der Waals surface area contributed by atoms with Gasteiger partial charge < -0.3 is 19.8 Å². The molecule has 0 fully saturated rings. The molecule has 5 nitrogen and oxygen atoms in total. The Hall–Kier alpha value is -2.95. The van der Waals surface area contributed by atoms with Crippen LogP contribution < -0.4 is 14.8 Å². The monoisotopic (exact) mass is 338 g/mol. The van der Waals surface area contributed by atoms with Gasteiger partial charge in [-0.3, -0.25) is 4.79 Å². The third kappa shape index (κ3) is 3.94. The molecular weight excluding hydrogens is 316 g/mol. The zero-order chi connectivity index (χ0) is 17.6. The number of fused-ring (bicyclic) bond motifs is 1. The molecule has 0 aliphatic heterocycles. The van der Waals surface area contributed by atoms with E-state index in [-0.39, 0.29) is 5.91 Å². The van der Waals surface area contributed by atoms with Gasteiger partial charge in [-0.25, -0.2) is 0 Å². The summed E-state index contributed by atoms with van der Waals surface area (Å²) in [6.45, 7) is 0.580. The lowest BCUT2D eigenvalue weighted by Gasteiger charge is -2.10. The van der Waals surface area contributed by atoms with E-state index in [0.717, 1.165) is 28.5 Å². The number of methoxy groups -OCH3 is 2. The molecule has 0 saturated heterocycles. The number of aromatic amines is 1. The van der Waals surface area contributed by atoms with Crippen molar-refractivity contribution in [3.63, 3.8) is 0 Å². The second-order valence-corrected chi connectivity index (χ2v) is 5.83. The van der Waals surface area contributed by atoms with Gasteiger partial charge in [0.25, 0.3) is 0 Å². The molecule has 0 aliphatic carbocycles. The fourth-order valence-corrected chi connectivity index (χ4v) is 2.90. The molecule has 2 N–H and O–H groups in total. The van der Waals surface area contributed by atoms with Gasteiger partial charge in [0.2, 0.25) is 5.91 Å². The lowest BCUT2D eigenvalue weighted by Crippen LogP contribution is -2.27. The summed E-state index contributed by atoms with van der Waals surface area (Å²) in [6, 6.07) is 13.8. The number of H-pyrrole nitrogens is 1. The molecule has 0 bridgehead atoms. The van der Waals surface area contributed by atoms with Crippen molar-refractivity contribution in [3.05, 3.63) is 59.8 Å². The highest BCUT2D eigenvalue weighted by atomic mass is 16.5. The van der Waals surface area contributed by atoms with Crippen molar-refractivity contribution in [3.8, 4) is 11.5 Å². The molecule has 130 valence electrons. The Morgan fingerprint density at radius 2 is 1.88 bits per heavy atom. The van der Waals surface area contributed by atoms with E-state index in [0.29, 0.717) is 24.5 Å². The predicted octanol–water partition coefficient (Wildman–Crippen LogP) is 3.09. The summed E-state index contributed by atoms with van der Waals surface area (Å²) in [7, 11) is 3.23. The molecule has 1 amide bonds. The van der Waals surface area contributed by atoms with Crippen molar-refractivity contribution >= 4 is 16.8 Å². The lowest BCUT2D eigenvalue weighted by atomic mass is 10.1. The Morgan fingerprint density at radius 3 is 2.68 bits per heavy atom. The number of hydrogen-bond donors (Lipinski definition) is 2. The van der Waals surface area contributed by atoms with Gasteiger partial charge in [0.15, 0.2) is 11.5 Å². The Labute approximate surface area is 147 Å². The Kier molecular flexibility index (Phi) is 5.23. The number of aromatic nitrogens is 1. The Balaban J connectivity index is 1.54. The minimum atomic E-state index is 0.0187. The molecule has 25 heavy (non-hydrogen) atoms. The van der Waals surface area contributed by atoms with E-state index in [9.17, 15) is 4.79 Å². The van der Waals surface area contributed by atoms with Gasteiger partial charge in [-0.2, -0.15) is 0 Å². The van der Waals surface area contributed by atoms with Crippen LogP contribution in [0.15, 0.2) is 48.7 Å². The van der Waals surface area contributed by atoms with Gasteiger partial charge in [-0.15, -0.1) is 0 Å². The largest absolute Gasteiger partial charge is 0.493 e. The number of para-hydroxylation sites is 1. The van der Waals surface area contributed by atoms with Gasteiger partial charge in [-0.1, -0.05) is 24.3 Å².